The van der Waals surface area contributed by atoms with Gasteiger partial charge in [0.2, 0.25) is 5.88 Å². The molecule has 0 saturated heterocycles. The second-order valence-corrected chi connectivity index (χ2v) is 7.93. The predicted molar refractivity (Wildman–Crippen MR) is 135 cm³/mol. The molecule has 0 aliphatic heterocycles. The molecule has 0 bridgehead atoms. The number of methoxy groups -OCH3 is 1. The summed E-state index contributed by atoms with van der Waals surface area (Å²) in [5.74, 6) is 1.37. The molecule has 0 aliphatic carbocycles. The van der Waals surface area contributed by atoms with Crippen LogP contribution in [0.3, 0.4) is 0 Å². The topological polar surface area (TPSA) is 98.5 Å². The average molecular weight is 467 g/mol. The fourth-order valence-electron chi connectivity index (χ4n) is 3.08. The molecule has 8 heteroatoms. The maximum Gasteiger partial charge on any atom is 0.261 e. The third-order valence-corrected chi connectivity index (χ3v) is 5.45. The number of nitrogens with two attached hydrogens (primary N) is 1. The average Bonchev–Trinajstić information content (AvgIpc) is 2.86. The van der Waals surface area contributed by atoms with E-state index in [0.29, 0.717) is 30.4 Å². The van der Waals surface area contributed by atoms with Crippen molar-refractivity contribution in [3.8, 4) is 22.9 Å². The van der Waals surface area contributed by atoms with E-state index in [2.05, 4.69) is 28.2 Å². The van der Waals surface area contributed by atoms with Gasteiger partial charge < -0.3 is 25.8 Å². The van der Waals surface area contributed by atoms with E-state index in [1.807, 2.05) is 66.7 Å². The number of carbonyl (C=O) groups excluding carboxylic acids is 1. The molecule has 33 heavy (non-hydrogen) atoms. The molecule has 174 valence electrons. The third kappa shape index (κ3) is 7.13. The number of nitrogens with one attached hydrogen (secondary N) is 2. The van der Waals surface area contributed by atoms with Crippen LogP contribution in [-0.4, -0.2) is 42.4 Å². The normalized spacial score (nSPS) is 12.5. The highest BCUT2D eigenvalue weighted by Crippen LogP contribution is 2.28. The second kappa shape index (κ2) is 12.1. The highest BCUT2D eigenvalue weighted by molar-refractivity contribution is 7.80. The van der Waals surface area contributed by atoms with Crippen molar-refractivity contribution in [2.24, 2.45) is 5.73 Å². The summed E-state index contributed by atoms with van der Waals surface area (Å²) in [5.41, 5.74) is 9.29. The van der Waals surface area contributed by atoms with Gasteiger partial charge in [-0.1, -0.05) is 42.5 Å². The molecule has 4 N–H and O–H groups in total. The molecule has 0 spiro atoms. The Morgan fingerprint density at radius 1 is 1.12 bits per heavy atom. The van der Waals surface area contributed by atoms with Crippen LogP contribution >= 0.6 is 12.6 Å². The first-order valence-corrected chi connectivity index (χ1v) is 11.4. The van der Waals surface area contributed by atoms with Crippen LogP contribution in [0.5, 0.6) is 11.6 Å². The summed E-state index contributed by atoms with van der Waals surface area (Å²) in [6.07, 6.45) is -0.756. The van der Waals surface area contributed by atoms with Crippen molar-refractivity contribution >= 4 is 24.2 Å². The monoisotopic (exact) mass is 466 g/mol. The van der Waals surface area contributed by atoms with E-state index >= 15 is 0 Å². The van der Waals surface area contributed by atoms with Crippen LogP contribution in [0.25, 0.3) is 11.3 Å². The molecule has 0 aliphatic rings. The van der Waals surface area contributed by atoms with Crippen LogP contribution in [0.2, 0.25) is 0 Å². The van der Waals surface area contributed by atoms with Gasteiger partial charge in [0.05, 0.1) is 18.5 Å². The number of carbonyl (C=O) groups is 1. The maximum absolute atomic E-state index is 12.7. The van der Waals surface area contributed by atoms with Crippen molar-refractivity contribution in [3.05, 3.63) is 72.3 Å². The van der Waals surface area contributed by atoms with E-state index in [1.54, 1.807) is 14.0 Å². The molecule has 2 unspecified atom stereocenters. The Hall–Kier alpha value is -3.23. The van der Waals surface area contributed by atoms with E-state index < -0.39 is 6.10 Å². The Morgan fingerprint density at radius 2 is 1.91 bits per heavy atom. The van der Waals surface area contributed by atoms with Gasteiger partial charge in [-0.25, -0.2) is 4.98 Å². The second-order valence-electron chi connectivity index (χ2n) is 7.57. The van der Waals surface area contributed by atoms with Crippen molar-refractivity contribution < 1.29 is 14.3 Å². The first-order valence-electron chi connectivity index (χ1n) is 10.7. The van der Waals surface area contributed by atoms with E-state index in [9.17, 15) is 4.79 Å². The van der Waals surface area contributed by atoms with Crippen molar-refractivity contribution in [2.45, 2.75) is 25.6 Å². The van der Waals surface area contributed by atoms with Gasteiger partial charge in [0, 0.05) is 30.4 Å². The standard InChI is InChI=1S/C25H30N4O3S/c1-17(24(30)28-14-18-7-6-10-21(13-18)31-2)32-25-23(27-15-20(26)16-33)12-11-22(29-25)19-8-4-3-5-9-19/h3-13,17,20,27,33H,14-16,26H2,1-2H3,(H,28,30). The number of anilines is 1. The lowest BCUT2D eigenvalue weighted by Crippen LogP contribution is -2.36. The number of rotatable bonds is 11. The number of thiol groups is 1. The molecule has 1 amide bonds. The van der Waals surface area contributed by atoms with Crippen molar-refractivity contribution in [2.75, 3.05) is 24.7 Å². The molecule has 1 aromatic heterocycles. The summed E-state index contributed by atoms with van der Waals surface area (Å²) in [6, 6.07) is 21.0. The molecule has 0 fully saturated rings. The minimum absolute atomic E-state index is 0.126. The number of ether oxygens (including phenoxy) is 2. The van der Waals surface area contributed by atoms with Gasteiger partial charge in [-0.2, -0.15) is 12.6 Å². The number of pyridine rings is 1. The molecule has 1 heterocycles. The summed E-state index contributed by atoms with van der Waals surface area (Å²) in [6.45, 7) is 2.56. The smallest absolute Gasteiger partial charge is 0.261 e. The Labute approximate surface area is 200 Å². The van der Waals surface area contributed by atoms with E-state index in [0.717, 1.165) is 22.6 Å². The summed E-state index contributed by atoms with van der Waals surface area (Å²) >= 11 is 4.23. The molecular formula is C25H30N4O3S. The lowest BCUT2D eigenvalue weighted by atomic mass is 10.1. The summed E-state index contributed by atoms with van der Waals surface area (Å²) in [5, 5.41) is 6.15. The number of nitrogens with zero attached hydrogens (tertiary/aromatic N) is 1. The number of hydrogen-bond acceptors (Lipinski definition) is 7. The fourth-order valence-corrected chi connectivity index (χ4v) is 3.21. The van der Waals surface area contributed by atoms with Crippen molar-refractivity contribution in [1.29, 1.82) is 0 Å². The van der Waals surface area contributed by atoms with Crippen molar-refractivity contribution in [3.63, 3.8) is 0 Å². The van der Waals surface area contributed by atoms with Crippen LogP contribution in [-0.2, 0) is 11.3 Å². The van der Waals surface area contributed by atoms with Gasteiger partial charge >= 0.3 is 0 Å². The molecule has 0 radical (unpaired) electrons. The number of aromatic nitrogens is 1. The van der Waals surface area contributed by atoms with Crippen LogP contribution in [0.4, 0.5) is 5.69 Å². The molecule has 0 saturated carbocycles. The Balaban J connectivity index is 1.73. The Morgan fingerprint density at radius 3 is 2.64 bits per heavy atom. The van der Waals surface area contributed by atoms with E-state index in [-0.39, 0.29) is 11.9 Å². The van der Waals surface area contributed by atoms with Crippen LogP contribution in [0, 0.1) is 0 Å². The first-order chi connectivity index (χ1) is 16.0. The van der Waals surface area contributed by atoms with Gasteiger partial charge in [0.1, 0.15) is 5.75 Å². The molecule has 3 rings (SSSR count). The van der Waals surface area contributed by atoms with Gasteiger partial charge in [-0.05, 0) is 36.8 Å². The fraction of sp³-hybridized carbons (Fsp3) is 0.280. The van der Waals surface area contributed by atoms with Crippen LogP contribution in [0.1, 0.15) is 12.5 Å². The lowest BCUT2D eigenvalue weighted by Gasteiger charge is -2.19. The van der Waals surface area contributed by atoms with E-state index in [4.69, 9.17) is 15.2 Å². The van der Waals surface area contributed by atoms with Gasteiger partial charge in [-0.15, -0.1) is 0 Å². The van der Waals surface area contributed by atoms with Gasteiger partial charge in [0.25, 0.3) is 5.91 Å². The number of benzene rings is 2. The zero-order valence-corrected chi connectivity index (χ0v) is 19.7. The zero-order chi connectivity index (χ0) is 23.6. The first kappa shape index (κ1) is 24.4. The summed E-state index contributed by atoms with van der Waals surface area (Å²) in [4.78, 5) is 17.4. The zero-order valence-electron chi connectivity index (χ0n) is 18.8. The predicted octanol–water partition coefficient (Wildman–Crippen LogP) is 3.51. The summed E-state index contributed by atoms with van der Waals surface area (Å²) < 4.78 is 11.2. The highest BCUT2D eigenvalue weighted by Gasteiger charge is 2.18. The molecule has 7 nitrogen and oxygen atoms in total. The maximum atomic E-state index is 12.7. The van der Waals surface area contributed by atoms with Gasteiger partial charge in [-0.3, -0.25) is 4.79 Å². The van der Waals surface area contributed by atoms with E-state index in [1.165, 1.54) is 0 Å². The highest BCUT2D eigenvalue weighted by atomic mass is 32.1. The SMILES string of the molecule is COc1cccc(CNC(=O)C(C)Oc2nc(-c3ccccc3)ccc2NCC(N)CS)c1. The minimum atomic E-state index is -0.756. The molecule has 3 aromatic rings. The lowest BCUT2D eigenvalue weighted by molar-refractivity contribution is -0.127. The number of amides is 1. The van der Waals surface area contributed by atoms with Crippen LogP contribution in [0.15, 0.2) is 66.7 Å². The molecule has 2 atom stereocenters. The quantitative estimate of drug-likeness (QED) is 0.323. The molecule has 2 aromatic carbocycles. The Kier molecular flexibility index (Phi) is 8.97. The third-order valence-electron chi connectivity index (χ3n) is 4.98. The largest absolute Gasteiger partial charge is 0.497 e. The van der Waals surface area contributed by atoms with Crippen molar-refractivity contribution in [1.82, 2.24) is 10.3 Å². The Bertz CT molecular complexity index is 1050. The van der Waals surface area contributed by atoms with Gasteiger partial charge in [0.15, 0.2) is 6.10 Å². The summed E-state index contributed by atoms with van der Waals surface area (Å²) in [7, 11) is 1.61. The molecular weight excluding hydrogens is 436 g/mol. The number of hydrogen-bond donors (Lipinski definition) is 4. The van der Waals surface area contributed by atoms with Crippen LogP contribution < -0.4 is 25.8 Å². The minimum Gasteiger partial charge on any atom is -0.497 e.